The summed E-state index contributed by atoms with van der Waals surface area (Å²) in [6.07, 6.45) is 0. The molecule has 0 aromatic heterocycles. The molecular formula is C19H19BrFN3. The number of benzene rings is 2. The Balaban J connectivity index is 1.51. The van der Waals surface area contributed by atoms with Crippen LogP contribution in [0.25, 0.3) is 0 Å². The highest BCUT2D eigenvalue weighted by atomic mass is 79.9. The number of rotatable bonds is 4. The summed E-state index contributed by atoms with van der Waals surface area (Å²) < 4.78 is 14.0. The maximum atomic E-state index is 13.2. The summed E-state index contributed by atoms with van der Waals surface area (Å²) in [5, 5.41) is 8.84. The van der Waals surface area contributed by atoms with E-state index in [1.165, 1.54) is 17.7 Å². The summed E-state index contributed by atoms with van der Waals surface area (Å²) in [7, 11) is 0. The number of halogens is 2. The van der Waals surface area contributed by atoms with Gasteiger partial charge in [0.25, 0.3) is 0 Å². The molecule has 5 heteroatoms. The molecule has 124 valence electrons. The first-order valence-corrected chi connectivity index (χ1v) is 8.81. The van der Waals surface area contributed by atoms with Crippen LogP contribution in [0.15, 0.2) is 46.9 Å². The quantitative estimate of drug-likeness (QED) is 0.799. The summed E-state index contributed by atoms with van der Waals surface area (Å²) in [6.45, 7) is 5.78. The predicted octanol–water partition coefficient (Wildman–Crippen LogP) is 3.78. The SMILES string of the molecule is N#Cc1ccc(CN2CCN(Cc3ccc(F)cc3Br)CC2)cc1. The number of hydrogen-bond donors (Lipinski definition) is 0. The molecule has 1 fully saturated rings. The largest absolute Gasteiger partial charge is 0.297 e. The van der Waals surface area contributed by atoms with Crippen molar-refractivity contribution in [1.82, 2.24) is 9.80 Å². The van der Waals surface area contributed by atoms with Crippen LogP contribution < -0.4 is 0 Å². The molecule has 1 aliphatic rings. The Morgan fingerprint density at radius 3 is 2.17 bits per heavy atom. The van der Waals surface area contributed by atoms with Crippen LogP contribution in [0.3, 0.4) is 0 Å². The van der Waals surface area contributed by atoms with Crippen LogP contribution in [0.5, 0.6) is 0 Å². The number of piperazine rings is 1. The van der Waals surface area contributed by atoms with Gasteiger partial charge in [0.2, 0.25) is 0 Å². The van der Waals surface area contributed by atoms with Crippen LogP contribution in [0.1, 0.15) is 16.7 Å². The van der Waals surface area contributed by atoms with Crippen molar-refractivity contribution in [1.29, 1.82) is 5.26 Å². The van der Waals surface area contributed by atoms with Crippen LogP contribution in [0.4, 0.5) is 4.39 Å². The summed E-state index contributed by atoms with van der Waals surface area (Å²) in [6, 6.07) is 14.8. The molecule has 0 bridgehead atoms. The number of nitrogens with zero attached hydrogens (tertiary/aromatic N) is 3. The standard InChI is InChI=1S/C19H19BrFN3/c20-19-11-18(21)6-5-17(19)14-24-9-7-23(8-10-24)13-16-3-1-15(12-22)2-4-16/h1-6,11H,7-10,13-14H2. The van der Waals surface area contributed by atoms with Gasteiger partial charge in [-0.3, -0.25) is 9.80 Å². The molecule has 0 atom stereocenters. The molecule has 0 spiro atoms. The van der Waals surface area contributed by atoms with E-state index in [1.54, 1.807) is 0 Å². The van der Waals surface area contributed by atoms with Crippen molar-refractivity contribution in [2.24, 2.45) is 0 Å². The molecule has 2 aromatic rings. The lowest BCUT2D eigenvalue weighted by molar-refractivity contribution is 0.122. The average molecular weight is 388 g/mol. The first-order valence-electron chi connectivity index (χ1n) is 8.02. The Labute approximate surface area is 150 Å². The normalized spacial score (nSPS) is 16.0. The van der Waals surface area contributed by atoms with Gasteiger partial charge in [0.15, 0.2) is 0 Å². The summed E-state index contributed by atoms with van der Waals surface area (Å²) in [5.74, 6) is -0.210. The van der Waals surface area contributed by atoms with Crippen molar-refractivity contribution in [2.75, 3.05) is 26.2 Å². The minimum atomic E-state index is -0.210. The molecule has 1 saturated heterocycles. The highest BCUT2D eigenvalue weighted by Gasteiger charge is 2.18. The van der Waals surface area contributed by atoms with Crippen LogP contribution in [-0.4, -0.2) is 36.0 Å². The van der Waals surface area contributed by atoms with Gasteiger partial charge >= 0.3 is 0 Å². The van der Waals surface area contributed by atoms with Gasteiger partial charge in [-0.25, -0.2) is 4.39 Å². The lowest BCUT2D eigenvalue weighted by Gasteiger charge is -2.35. The molecule has 0 radical (unpaired) electrons. The van der Waals surface area contributed by atoms with Crippen molar-refractivity contribution in [2.45, 2.75) is 13.1 Å². The minimum absolute atomic E-state index is 0.210. The second-order valence-corrected chi connectivity index (χ2v) is 6.95. The second kappa shape index (κ2) is 7.89. The maximum Gasteiger partial charge on any atom is 0.124 e. The average Bonchev–Trinajstić information content (AvgIpc) is 2.60. The monoisotopic (exact) mass is 387 g/mol. The fourth-order valence-corrected chi connectivity index (χ4v) is 3.42. The Morgan fingerprint density at radius 1 is 0.958 bits per heavy atom. The summed E-state index contributed by atoms with van der Waals surface area (Å²) in [4.78, 5) is 4.82. The van der Waals surface area contributed by atoms with Gasteiger partial charge in [0.1, 0.15) is 5.82 Å². The first-order chi connectivity index (χ1) is 11.6. The molecular weight excluding hydrogens is 369 g/mol. The molecule has 0 saturated carbocycles. The van der Waals surface area contributed by atoms with Gasteiger partial charge in [-0.05, 0) is 35.4 Å². The van der Waals surface area contributed by atoms with E-state index in [4.69, 9.17) is 5.26 Å². The number of hydrogen-bond acceptors (Lipinski definition) is 3. The fourth-order valence-electron chi connectivity index (χ4n) is 2.94. The third kappa shape index (κ3) is 4.41. The second-order valence-electron chi connectivity index (χ2n) is 6.10. The summed E-state index contributed by atoms with van der Waals surface area (Å²) >= 11 is 3.44. The molecule has 1 heterocycles. The predicted molar refractivity (Wildman–Crippen MR) is 95.8 cm³/mol. The van der Waals surface area contributed by atoms with E-state index in [1.807, 2.05) is 30.3 Å². The highest BCUT2D eigenvalue weighted by molar-refractivity contribution is 9.10. The van der Waals surface area contributed by atoms with E-state index in [-0.39, 0.29) is 5.82 Å². The van der Waals surface area contributed by atoms with Crippen LogP contribution in [0, 0.1) is 17.1 Å². The zero-order chi connectivity index (χ0) is 16.9. The van der Waals surface area contributed by atoms with E-state index in [0.717, 1.165) is 49.3 Å². The minimum Gasteiger partial charge on any atom is -0.297 e. The third-order valence-electron chi connectivity index (χ3n) is 4.36. The smallest absolute Gasteiger partial charge is 0.124 e. The fraction of sp³-hybridized carbons (Fsp3) is 0.316. The Hall–Kier alpha value is -1.74. The van der Waals surface area contributed by atoms with Gasteiger partial charge in [-0.15, -0.1) is 0 Å². The van der Waals surface area contributed by atoms with Gasteiger partial charge in [0.05, 0.1) is 11.6 Å². The zero-order valence-corrected chi connectivity index (χ0v) is 15.0. The Morgan fingerprint density at radius 2 is 1.58 bits per heavy atom. The van der Waals surface area contributed by atoms with Crippen LogP contribution in [0.2, 0.25) is 0 Å². The topological polar surface area (TPSA) is 30.3 Å². The lowest BCUT2D eigenvalue weighted by Crippen LogP contribution is -2.45. The lowest BCUT2D eigenvalue weighted by atomic mass is 10.1. The van der Waals surface area contributed by atoms with Crippen molar-refractivity contribution >= 4 is 15.9 Å². The highest BCUT2D eigenvalue weighted by Crippen LogP contribution is 2.20. The van der Waals surface area contributed by atoms with E-state index < -0.39 is 0 Å². The molecule has 3 nitrogen and oxygen atoms in total. The van der Waals surface area contributed by atoms with Crippen molar-refractivity contribution < 1.29 is 4.39 Å². The van der Waals surface area contributed by atoms with Gasteiger partial charge in [-0.2, -0.15) is 5.26 Å². The van der Waals surface area contributed by atoms with E-state index >= 15 is 0 Å². The zero-order valence-electron chi connectivity index (χ0n) is 13.4. The van der Waals surface area contributed by atoms with Crippen molar-refractivity contribution in [3.8, 4) is 6.07 Å². The Bertz CT molecular complexity index is 731. The molecule has 1 aliphatic heterocycles. The van der Waals surface area contributed by atoms with Crippen molar-refractivity contribution in [3.63, 3.8) is 0 Å². The molecule has 2 aromatic carbocycles. The summed E-state index contributed by atoms with van der Waals surface area (Å²) in [5.41, 5.74) is 3.06. The molecule has 24 heavy (non-hydrogen) atoms. The van der Waals surface area contributed by atoms with Crippen LogP contribution in [-0.2, 0) is 13.1 Å². The first kappa shape index (κ1) is 17.1. The van der Waals surface area contributed by atoms with Crippen LogP contribution >= 0.6 is 15.9 Å². The number of nitriles is 1. The van der Waals surface area contributed by atoms with E-state index in [0.29, 0.717) is 5.56 Å². The molecule has 0 amide bonds. The van der Waals surface area contributed by atoms with Gasteiger partial charge < -0.3 is 0 Å². The molecule has 0 aliphatic carbocycles. The van der Waals surface area contributed by atoms with Gasteiger partial charge in [0, 0.05) is 43.7 Å². The Kier molecular flexibility index (Phi) is 5.62. The van der Waals surface area contributed by atoms with E-state index in [2.05, 4.69) is 31.8 Å². The molecule has 0 N–H and O–H groups in total. The third-order valence-corrected chi connectivity index (χ3v) is 5.10. The van der Waals surface area contributed by atoms with Crippen molar-refractivity contribution in [3.05, 3.63) is 69.4 Å². The maximum absolute atomic E-state index is 13.2. The molecule has 0 unspecified atom stereocenters. The molecule has 3 rings (SSSR count). The van der Waals surface area contributed by atoms with Gasteiger partial charge in [-0.1, -0.05) is 34.1 Å². The van der Waals surface area contributed by atoms with E-state index in [9.17, 15) is 4.39 Å².